The van der Waals surface area contributed by atoms with Gasteiger partial charge in [0, 0.05) is 17.9 Å². The number of carbonyl (C=O) groups is 2. The van der Waals surface area contributed by atoms with E-state index in [1.807, 2.05) is 0 Å². The maximum absolute atomic E-state index is 12.7. The van der Waals surface area contributed by atoms with Crippen LogP contribution in [0.3, 0.4) is 0 Å². The molecule has 1 atom stereocenters. The molecule has 0 unspecified atom stereocenters. The Balaban J connectivity index is 2.17. The summed E-state index contributed by atoms with van der Waals surface area (Å²) in [5.74, 6) is 0.681. The molecule has 0 saturated heterocycles. The number of aryl methyl sites for hydroxylation is 1. The van der Waals surface area contributed by atoms with Gasteiger partial charge in [0.25, 0.3) is 5.91 Å². The highest BCUT2D eigenvalue weighted by Gasteiger charge is 2.23. The molecule has 0 aromatic carbocycles. The molecule has 0 aliphatic carbocycles. The number of Topliss-reactive ketones (excluding diaryl/α,β-unsaturated/α-hetero) is 1. The Morgan fingerprint density at radius 1 is 1.28 bits per heavy atom. The van der Waals surface area contributed by atoms with E-state index < -0.39 is 6.04 Å². The summed E-state index contributed by atoms with van der Waals surface area (Å²) in [6, 6.07) is 3.18. The van der Waals surface area contributed by atoms with Gasteiger partial charge in [-0.2, -0.15) is 0 Å². The minimum Gasteiger partial charge on any atom is -0.467 e. The zero-order valence-corrected chi connectivity index (χ0v) is 15.4. The quantitative estimate of drug-likeness (QED) is 0.716. The van der Waals surface area contributed by atoms with Gasteiger partial charge in [-0.15, -0.1) is 0 Å². The highest BCUT2D eigenvalue weighted by Crippen LogP contribution is 2.20. The van der Waals surface area contributed by atoms with Crippen LogP contribution in [0.25, 0.3) is 0 Å². The van der Waals surface area contributed by atoms with Crippen molar-refractivity contribution in [3.05, 3.63) is 46.7 Å². The van der Waals surface area contributed by atoms with Crippen molar-refractivity contribution in [3.8, 4) is 0 Å². The minimum atomic E-state index is -0.398. The summed E-state index contributed by atoms with van der Waals surface area (Å²) in [6.45, 7) is 10.1. The Kier molecular flexibility index (Phi) is 6.20. The molecular weight excluding hydrogens is 320 g/mol. The van der Waals surface area contributed by atoms with Crippen molar-refractivity contribution in [2.24, 2.45) is 5.92 Å². The number of ether oxygens (including phenoxy) is 1. The van der Waals surface area contributed by atoms with Crippen LogP contribution in [0.15, 0.2) is 22.8 Å². The third-order valence-corrected chi connectivity index (χ3v) is 3.94. The number of hydrogen-bond donors (Lipinski definition) is 2. The second-order valence-electron chi connectivity index (χ2n) is 6.65. The Morgan fingerprint density at radius 2 is 2.00 bits per heavy atom. The van der Waals surface area contributed by atoms with Crippen molar-refractivity contribution in [2.75, 3.05) is 13.2 Å². The van der Waals surface area contributed by atoms with Crippen LogP contribution in [0, 0.1) is 19.8 Å². The van der Waals surface area contributed by atoms with Gasteiger partial charge in [-0.1, -0.05) is 13.8 Å². The summed E-state index contributed by atoms with van der Waals surface area (Å²) in [5, 5.41) is 2.93. The first-order chi connectivity index (χ1) is 11.8. The minimum absolute atomic E-state index is 0.0619. The van der Waals surface area contributed by atoms with Gasteiger partial charge in [0.2, 0.25) is 0 Å². The standard InChI is InChI=1S/C19H26N2O4/c1-11(2)9-24-10-15(16-7-6-8-25-16)21-19(23)18-12(3)17(14(5)22)13(4)20-18/h6-8,11,15,20H,9-10H2,1-5H3,(H,21,23)/t15-/m0/s1. The van der Waals surface area contributed by atoms with Crippen molar-refractivity contribution in [1.29, 1.82) is 0 Å². The molecule has 2 aromatic rings. The maximum Gasteiger partial charge on any atom is 0.268 e. The lowest BCUT2D eigenvalue weighted by Gasteiger charge is -2.17. The first-order valence-corrected chi connectivity index (χ1v) is 8.43. The van der Waals surface area contributed by atoms with Gasteiger partial charge in [-0.3, -0.25) is 9.59 Å². The average Bonchev–Trinajstić information content (AvgIpc) is 3.13. The lowest BCUT2D eigenvalue weighted by atomic mass is 10.1. The van der Waals surface area contributed by atoms with Crippen LogP contribution in [0.4, 0.5) is 0 Å². The number of nitrogens with one attached hydrogen (secondary N) is 2. The van der Waals surface area contributed by atoms with E-state index >= 15 is 0 Å². The number of carbonyl (C=O) groups excluding carboxylic acids is 2. The lowest BCUT2D eigenvalue weighted by Crippen LogP contribution is -2.32. The van der Waals surface area contributed by atoms with Crippen LogP contribution in [0.1, 0.15) is 64.7 Å². The molecule has 2 aromatic heterocycles. The van der Waals surface area contributed by atoms with Crippen LogP contribution in [0.2, 0.25) is 0 Å². The van der Waals surface area contributed by atoms with Crippen molar-refractivity contribution in [3.63, 3.8) is 0 Å². The van der Waals surface area contributed by atoms with Crippen LogP contribution in [-0.4, -0.2) is 29.9 Å². The normalized spacial score (nSPS) is 12.4. The SMILES string of the molecule is CC(=O)c1c(C)[nH]c(C(=O)N[C@@H](COCC(C)C)c2ccco2)c1C. The predicted octanol–water partition coefficient (Wildman–Crippen LogP) is 3.57. The molecule has 0 aliphatic rings. The number of H-pyrrole nitrogens is 1. The molecular formula is C19H26N2O4. The Labute approximate surface area is 147 Å². The number of amides is 1. The molecule has 2 heterocycles. The fourth-order valence-corrected chi connectivity index (χ4v) is 2.84. The fraction of sp³-hybridized carbons (Fsp3) is 0.474. The van der Waals surface area contributed by atoms with E-state index in [0.29, 0.717) is 47.4 Å². The van der Waals surface area contributed by atoms with Crippen molar-refractivity contribution < 1.29 is 18.7 Å². The molecule has 0 saturated carbocycles. The van der Waals surface area contributed by atoms with Gasteiger partial charge in [0.05, 0.1) is 12.9 Å². The Hall–Kier alpha value is -2.34. The molecule has 6 nitrogen and oxygen atoms in total. The molecule has 0 aliphatic heterocycles. The first kappa shape index (κ1) is 19.0. The smallest absolute Gasteiger partial charge is 0.268 e. The van der Waals surface area contributed by atoms with Gasteiger partial charge < -0.3 is 19.5 Å². The monoisotopic (exact) mass is 346 g/mol. The van der Waals surface area contributed by atoms with Crippen LogP contribution in [0.5, 0.6) is 0 Å². The lowest BCUT2D eigenvalue weighted by molar-refractivity contribution is 0.0727. The summed E-state index contributed by atoms with van der Waals surface area (Å²) >= 11 is 0. The van der Waals surface area contributed by atoms with E-state index in [4.69, 9.17) is 9.15 Å². The number of aromatic nitrogens is 1. The summed E-state index contributed by atoms with van der Waals surface area (Å²) in [7, 11) is 0. The van der Waals surface area contributed by atoms with Crippen molar-refractivity contribution in [1.82, 2.24) is 10.3 Å². The summed E-state index contributed by atoms with van der Waals surface area (Å²) < 4.78 is 11.1. The topological polar surface area (TPSA) is 84.3 Å². The summed E-state index contributed by atoms with van der Waals surface area (Å²) in [5.41, 5.74) is 2.31. The Morgan fingerprint density at radius 3 is 2.52 bits per heavy atom. The van der Waals surface area contributed by atoms with Crippen LogP contribution < -0.4 is 5.32 Å². The molecule has 1 amide bonds. The van der Waals surface area contributed by atoms with Gasteiger partial charge in [-0.05, 0) is 44.4 Å². The molecule has 136 valence electrons. The van der Waals surface area contributed by atoms with Gasteiger partial charge in [0.15, 0.2) is 5.78 Å². The van der Waals surface area contributed by atoms with Crippen LogP contribution in [-0.2, 0) is 4.74 Å². The van der Waals surface area contributed by atoms with E-state index in [1.54, 1.807) is 32.2 Å². The zero-order valence-electron chi connectivity index (χ0n) is 15.4. The van der Waals surface area contributed by atoms with Crippen molar-refractivity contribution in [2.45, 2.75) is 40.7 Å². The van der Waals surface area contributed by atoms with Gasteiger partial charge in [-0.25, -0.2) is 0 Å². The number of aromatic amines is 1. The number of furan rings is 1. The van der Waals surface area contributed by atoms with Crippen LogP contribution >= 0.6 is 0 Å². The first-order valence-electron chi connectivity index (χ1n) is 8.43. The molecule has 0 spiro atoms. The second-order valence-corrected chi connectivity index (χ2v) is 6.65. The molecule has 2 rings (SSSR count). The highest BCUT2D eigenvalue weighted by molar-refractivity contribution is 6.02. The number of hydrogen-bond acceptors (Lipinski definition) is 4. The molecule has 0 radical (unpaired) electrons. The highest BCUT2D eigenvalue weighted by atomic mass is 16.5. The second kappa shape index (κ2) is 8.16. The molecule has 2 N–H and O–H groups in total. The largest absolute Gasteiger partial charge is 0.467 e. The molecule has 25 heavy (non-hydrogen) atoms. The third-order valence-electron chi connectivity index (χ3n) is 3.94. The summed E-state index contributed by atoms with van der Waals surface area (Å²) in [4.78, 5) is 27.5. The number of ketones is 1. The van der Waals surface area contributed by atoms with E-state index in [2.05, 4.69) is 24.1 Å². The van der Waals surface area contributed by atoms with E-state index in [0.717, 1.165) is 0 Å². The fourth-order valence-electron chi connectivity index (χ4n) is 2.84. The van der Waals surface area contributed by atoms with Gasteiger partial charge in [0.1, 0.15) is 17.5 Å². The summed E-state index contributed by atoms with van der Waals surface area (Å²) in [6.07, 6.45) is 1.56. The molecule has 0 fully saturated rings. The average molecular weight is 346 g/mol. The van der Waals surface area contributed by atoms with E-state index in [-0.39, 0.29) is 11.7 Å². The number of rotatable bonds is 8. The third kappa shape index (κ3) is 4.60. The zero-order chi connectivity index (χ0) is 18.6. The van der Waals surface area contributed by atoms with E-state index in [9.17, 15) is 9.59 Å². The Bertz CT molecular complexity index is 729. The maximum atomic E-state index is 12.7. The predicted molar refractivity (Wildman–Crippen MR) is 94.8 cm³/mol. The van der Waals surface area contributed by atoms with E-state index in [1.165, 1.54) is 6.92 Å². The van der Waals surface area contributed by atoms with Gasteiger partial charge >= 0.3 is 0 Å². The molecule has 0 bridgehead atoms. The molecule has 6 heteroatoms. The van der Waals surface area contributed by atoms with Crippen molar-refractivity contribution >= 4 is 11.7 Å².